The Kier molecular flexibility index (Phi) is 13.2. The van der Waals surface area contributed by atoms with Crippen LogP contribution in [0.4, 0.5) is 0 Å². The first-order chi connectivity index (χ1) is 9.98. The fourth-order valence-corrected chi connectivity index (χ4v) is 2.70. The van der Waals surface area contributed by atoms with Gasteiger partial charge in [0.2, 0.25) is 0 Å². The number of allylic oxidation sites excluding steroid dienone is 2. The molecule has 0 aliphatic rings. The van der Waals surface area contributed by atoms with Crippen LogP contribution in [0, 0.1) is 5.41 Å². The van der Waals surface area contributed by atoms with Gasteiger partial charge in [0.05, 0.1) is 6.10 Å². The molecule has 0 aromatic carbocycles. The second kappa shape index (κ2) is 13.4. The first-order valence-corrected chi connectivity index (χ1v) is 9.29. The van der Waals surface area contributed by atoms with Gasteiger partial charge in [-0.15, -0.1) is 0 Å². The lowest BCUT2D eigenvalue weighted by molar-refractivity contribution is 0.0826. The van der Waals surface area contributed by atoms with Gasteiger partial charge in [0, 0.05) is 0 Å². The minimum absolute atomic E-state index is 0.339. The van der Waals surface area contributed by atoms with Crippen LogP contribution in [0.25, 0.3) is 0 Å². The molecule has 0 aliphatic carbocycles. The van der Waals surface area contributed by atoms with Crippen molar-refractivity contribution in [2.45, 2.75) is 111 Å². The zero-order valence-electron chi connectivity index (χ0n) is 15.1. The van der Waals surface area contributed by atoms with Gasteiger partial charge in [-0.25, -0.2) is 5.11 Å². The van der Waals surface area contributed by atoms with Gasteiger partial charge in [0.15, 0.2) is 0 Å². The first-order valence-electron chi connectivity index (χ1n) is 9.29. The quantitative estimate of drug-likeness (QED) is 0.241. The first kappa shape index (κ1) is 20.7. The molecule has 0 spiro atoms. The Morgan fingerprint density at radius 1 is 0.857 bits per heavy atom. The summed E-state index contributed by atoms with van der Waals surface area (Å²) in [5.74, 6) is 0. The zero-order chi connectivity index (χ0) is 16.0. The highest BCUT2D eigenvalue weighted by Gasteiger charge is 2.17. The summed E-state index contributed by atoms with van der Waals surface area (Å²) < 4.78 is 0. The minimum atomic E-state index is -0.401. The van der Waals surface area contributed by atoms with Crippen molar-refractivity contribution in [2.75, 3.05) is 0 Å². The van der Waals surface area contributed by atoms with E-state index in [-0.39, 0.29) is 0 Å². The van der Waals surface area contributed by atoms with E-state index in [1.54, 1.807) is 6.92 Å². The van der Waals surface area contributed by atoms with Gasteiger partial charge < -0.3 is 0 Å². The van der Waals surface area contributed by atoms with Gasteiger partial charge >= 0.3 is 0 Å². The highest BCUT2D eigenvalue weighted by atomic mass is 16.3. The Labute approximate surface area is 134 Å². The third-order valence-corrected chi connectivity index (χ3v) is 4.34. The summed E-state index contributed by atoms with van der Waals surface area (Å²) in [5.41, 5.74) is 0.339. The molecule has 0 fully saturated rings. The van der Waals surface area contributed by atoms with E-state index in [4.69, 9.17) is 0 Å². The van der Waals surface area contributed by atoms with Crippen molar-refractivity contribution in [3.05, 3.63) is 12.2 Å². The number of rotatable bonds is 14. The molecule has 1 heteroatoms. The van der Waals surface area contributed by atoms with Gasteiger partial charge in [0.25, 0.3) is 0 Å². The molecule has 0 N–H and O–H groups in total. The summed E-state index contributed by atoms with van der Waals surface area (Å²) >= 11 is 0. The predicted octanol–water partition coefficient (Wildman–Crippen LogP) is 7.09. The van der Waals surface area contributed by atoms with Crippen molar-refractivity contribution in [3.8, 4) is 0 Å². The summed E-state index contributed by atoms with van der Waals surface area (Å²) in [6, 6.07) is 0. The van der Waals surface area contributed by atoms with Crippen LogP contribution in [0.1, 0.15) is 105 Å². The molecule has 0 aromatic heterocycles. The standard InChI is InChI=1S/C20H39O/c1-5-6-7-8-9-10-11-12-13-14-15-17-20(3,4)18-16-19(2)21/h12-13,19H,5-11,14-18H2,1-4H3/b13-12-. The lowest BCUT2D eigenvalue weighted by Crippen LogP contribution is -2.13. The van der Waals surface area contributed by atoms with Gasteiger partial charge in [-0.1, -0.05) is 65.0 Å². The lowest BCUT2D eigenvalue weighted by atomic mass is 9.82. The third-order valence-electron chi connectivity index (χ3n) is 4.34. The van der Waals surface area contributed by atoms with Gasteiger partial charge in [-0.3, -0.25) is 0 Å². The molecule has 21 heavy (non-hydrogen) atoms. The molecule has 0 aromatic rings. The van der Waals surface area contributed by atoms with E-state index in [1.807, 2.05) is 0 Å². The van der Waals surface area contributed by atoms with Gasteiger partial charge in [0.1, 0.15) is 0 Å². The smallest absolute Gasteiger partial charge is 0.0902 e. The van der Waals surface area contributed by atoms with Crippen molar-refractivity contribution in [3.63, 3.8) is 0 Å². The number of hydrogen-bond donors (Lipinski definition) is 0. The maximum absolute atomic E-state index is 11.1. The highest BCUT2D eigenvalue weighted by molar-refractivity contribution is 4.82. The van der Waals surface area contributed by atoms with E-state index in [2.05, 4.69) is 32.9 Å². The second-order valence-electron chi connectivity index (χ2n) is 7.43. The maximum Gasteiger partial charge on any atom is 0.0902 e. The molecule has 0 rings (SSSR count). The normalized spacial score (nSPS) is 14.0. The van der Waals surface area contributed by atoms with E-state index < -0.39 is 6.10 Å². The van der Waals surface area contributed by atoms with E-state index in [0.717, 1.165) is 12.8 Å². The SMILES string of the molecule is CCCCCCCC/C=C\CCCC(C)(C)CCC(C)[O]. The van der Waals surface area contributed by atoms with E-state index in [1.165, 1.54) is 64.2 Å². The molecular weight excluding hydrogens is 256 g/mol. The molecule has 0 saturated heterocycles. The van der Waals surface area contributed by atoms with Crippen LogP contribution >= 0.6 is 0 Å². The highest BCUT2D eigenvalue weighted by Crippen LogP contribution is 2.29. The Hall–Kier alpha value is -0.300. The molecule has 1 nitrogen and oxygen atoms in total. The Morgan fingerprint density at radius 2 is 1.43 bits per heavy atom. The van der Waals surface area contributed by atoms with Crippen LogP contribution in [0.5, 0.6) is 0 Å². The number of unbranched alkanes of at least 4 members (excludes halogenated alkanes) is 7. The van der Waals surface area contributed by atoms with E-state index in [0.29, 0.717) is 5.41 Å². The molecule has 0 saturated carbocycles. The molecule has 125 valence electrons. The molecule has 0 bridgehead atoms. The largest absolute Gasteiger partial charge is 0.233 e. The minimum Gasteiger partial charge on any atom is -0.233 e. The van der Waals surface area contributed by atoms with E-state index >= 15 is 0 Å². The molecule has 0 amide bonds. The van der Waals surface area contributed by atoms with Crippen molar-refractivity contribution < 1.29 is 5.11 Å². The van der Waals surface area contributed by atoms with Gasteiger partial charge in [-0.2, -0.15) is 0 Å². The summed E-state index contributed by atoms with van der Waals surface area (Å²) in [5, 5.41) is 11.1. The Morgan fingerprint density at radius 3 is 2.05 bits per heavy atom. The van der Waals surface area contributed by atoms with Gasteiger partial charge in [-0.05, 0) is 57.3 Å². The fraction of sp³-hybridized carbons (Fsp3) is 0.900. The molecule has 0 aliphatic heterocycles. The molecule has 1 unspecified atom stereocenters. The second-order valence-corrected chi connectivity index (χ2v) is 7.43. The van der Waals surface area contributed by atoms with Crippen molar-refractivity contribution >= 4 is 0 Å². The topological polar surface area (TPSA) is 19.9 Å². The Balaban J connectivity index is 3.42. The summed E-state index contributed by atoms with van der Waals surface area (Å²) in [6.07, 6.45) is 19.5. The lowest BCUT2D eigenvalue weighted by Gasteiger charge is -2.24. The van der Waals surface area contributed by atoms with Crippen LogP contribution in [0.15, 0.2) is 12.2 Å². The summed E-state index contributed by atoms with van der Waals surface area (Å²) in [4.78, 5) is 0. The van der Waals surface area contributed by atoms with Crippen LogP contribution < -0.4 is 0 Å². The van der Waals surface area contributed by atoms with Crippen LogP contribution in [-0.4, -0.2) is 6.10 Å². The average Bonchev–Trinajstić information content (AvgIpc) is 2.43. The molecule has 0 heterocycles. The summed E-state index contributed by atoms with van der Waals surface area (Å²) in [7, 11) is 0. The Bertz CT molecular complexity index is 240. The van der Waals surface area contributed by atoms with E-state index in [9.17, 15) is 5.11 Å². The third kappa shape index (κ3) is 15.9. The molecular formula is C20H39O. The maximum atomic E-state index is 11.1. The van der Waals surface area contributed by atoms with Crippen LogP contribution in [0.2, 0.25) is 0 Å². The molecule has 1 radical (unpaired) electrons. The van der Waals surface area contributed by atoms with Crippen molar-refractivity contribution in [1.29, 1.82) is 0 Å². The van der Waals surface area contributed by atoms with Crippen molar-refractivity contribution in [1.82, 2.24) is 0 Å². The zero-order valence-corrected chi connectivity index (χ0v) is 15.1. The van der Waals surface area contributed by atoms with Crippen LogP contribution in [0.3, 0.4) is 0 Å². The predicted molar refractivity (Wildman–Crippen MR) is 94.1 cm³/mol. The number of hydrogen-bond acceptors (Lipinski definition) is 0. The molecule has 1 atom stereocenters. The van der Waals surface area contributed by atoms with Crippen molar-refractivity contribution in [2.24, 2.45) is 5.41 Å². The monoisotopic (exact) mass is 295 g/mol. The van der Waals surface area contributed by atoms with Crippen LogP contribution in [-0.2, 0) is 5.11 Å². The fourth-order valence-electron chi connectivity index (χ4n) is 2.70. The average molecular weight is 296 g/mol. The summed E-state index contributed by atoms with van der Waals surface area (Å²) in [6.45, 7) is 8.65.